The molecule has 0 N–H and O–H groups in total. The zero-order valence-corrected chi connectivity index (χ0v) is 12.0. The molecule has 0 saturated heterocycles. The van der Waals surface area contributed by atoms with Gasteiger partial charge in [-0.1, -0.05) is 39.5 Å². The van der Waals surface area contributed by atoms with Gasteiger partial charge < -0.3 is 0 Å². The van der Waals surface area contributed by atoms with Crippen LogP contribution in [-0.2, 0) is 4.84 Å². The van der Waals surface area contributed by atoms with E-state index in [9.17, 15) is 0 Å². The van der Waals surface area contributed by atoms with Gasteiger partial charge in [-0.3, -0.25) is 4.84 Å². The number of hydrogen-bond donors (Lipinski definition) is 0. The smallest absolute Gasteiger partial charge is 0.210 e. The molecule has 0 fully saturated rings. The third-order valence-electron chi connectivity index (χ3n) is 3.53. The molecule has 0 bridgehead atoms. The molecule has 0 aromatic heterocycles. The SMILES string of the molecule is CCCCCC1=C(CCCCC)N(C#N)OC1C. The summed E-state index contributed by atoms with van der Waals surface area (Å²) in [4.78, 5) is 5.60. The highest BCUT2D eigenvalue weighted by molar-refractivity contribution is 5.22. The van der Waals surface area contributed by atoms with Crippen molar-refractivity contribution in [2.45, 2.75) is 78.2 Å². The summed E-state index contributed by atoms with van der Waals surface area (Å²) in [5.74, 6) is 0. The topological polar surface area (TPSA) is 36.3 Å². The molecule has 1 atom stereocenters. The van der Waals surface area contributed by atoms with E-state index >= 15 is 0 Å². The maximum atomic E-state index is 9.12. The van der Waals surface area contributed by atoms with Gasteiger partial charge in [0, 0.05) is 0 Å². The number of unbranched alkanes of at least 4 members (excludes halogenated alkanes) is 4. The third kappa shape index (κ3) is 4.03. The molecule has 0 aromatic rings. The Bertz CT molecular complexity index is 317. The van der Waals surface area contributed by atoms with Crippen molar-refractivity contribution in [3.63, 3.8) is 0 Å². The van der Waals surface area contributed by atoms with E-state index in [4.69, 9.17) is 10.1 Å². The fraction of sp³-hybridized carbons (Fsp3) is 0.800. The summed E-state index contributed by atoms with van der Waals surface area (Å²) in [7, 11) is 0. The van der Waals surface area contributed by atoms with Crippen molar-refractivity contribution in [2.24, 2.45) is 0 Å². The number of allylic oxidation sites excluding steroid dienone is 1. The molecule has 102 valence electrons. The molecule has 0 aliphatic carbocycles. The van der Waals surface area contributed by atoms with E-state index in [-0.39, 0.29) is 6.10 Å². The van der Waals surface area contributed by atoms with Gasteiger partial charge in [0.25, 0.3) is 0 Å². The van der Waals surface area contributed by atoms with Gasteiger partial charge in [-0.25, -0.2) is 0 Å². The van der Waals surface area contributed by atoms with Gasteiger partial charge in [-0.05, 0) is 38.2 Å². The van der Waals surface area contributed by atoms with Crippen LogP contribution in [0.4, 0.5) is 0 Å². The molecule has 18 heavy (non-hydrogen) atoms. The second kappa shape index (κ2) is 8.16. The van der Waals surface area contributed by atoms with Gasteiger partial charge in [0.2, 0.25) is 6.19 Å². The average molecular weight is 250 g/mol. The van der Waals surface area contributed by atoms with Gasteiger partial charge in [-0.15, -0.1) is 0 Å². The molecule has 1 aliphatic rings. The number of nitrogens with zero attached hydrogens (tertiary/aromatic N) is 2. The van der Waals surface area contributed by atoms with Crippen LogP contribution in [0.15, 0.2) is 11.3 Å². The molecule has 0 radical (unpaired) electrons. The Morgan fingerprint density at radius 1 is 1.11 bits per heavy atom. The van der Waals surface area contributed by atoms with Crippen LogP contribution in [0.1, 0.15) is 72.1 Å². The van der Waals surface area contributed by atoms with Crippen molar-refractivity contribution in [3.8, 4) is 6.19 Å². The second-order valence-corrected chi connectivity index (χ2v) is 5.03. The van der Waals surface area contributed by atoms with Gasteiger partial charge >= 0.3 is 0 Å². The predicted molar refractivity (Wildman–Crippen MR) is 73.3 cm³/mol. The Balaban J connectivity index is 2.66. The Hall–Kier alpha value is -1.01. The molecule has 0 saturated carbocycles. The Kier molecular flexibility index (Phi) is 6.82. The van der Waals surface area contributed by atoms with E-state index in [1.54, 1.807) is 0 Å². The standard InChI is InChI=1S/C15H26N2O/c1-4-6-8-10-14-13(3)18-17(12-16)15(14)11-9-7-5-2/h13H,4-11H2,1-3H3. The summed E-state index contributed by atoms with van der Waals surface area (Å²) in [5.41, 5.74) is 2.48. The van der Waals surface area contributed by atoms with Crippen LogP contribution in [0, 0.1) is 11.5 Å². The van der Waals surface area contributed by atoms with E-state index in [1.807, 2.05) is 0 Å². The normalized spacial score (nSPS) is 19.4. The molecule has 1 rings (SSSR count). The average Bonchev–Trinajstić information content (AvgIpc) is 2.67. The van der Waals surface area contributed by atoms with E-state index in [1.165, 1.54) is 42.7 Å². The van der Waals surface area contributed by atoms with Gasteiger partial charge in [0.15, 0.2) is 0 Å². The lowest BCUT2D eigenvalue weighted by Crippen LogP contribution is -2.14. The molecule has 1 heterocycles. The van der Waals surface area contributed by atoms with Crippen molar-refractivity contribution in [1.82, 2.24) is 5.06 Å². The molecule has 3 heteroatoms. The van der Waals surface area contributed by atoms with E-state index in [0.717, 1.165) is 25.0 Å². The number of nitriles is 1. The first kappa shape index (κ1) is 15.0. The maximum Gasteiger partial charge on any atom is 0.210 e. The first-order chi connectivity index (χ1) is 8.74. The van der Waals surface area contributed by atoms with E-state index in [0.29, 0.717) is 0 Å². The Morgan fingerprint density at radius 3 is 2.28 bits per heavy atom. The minimum absolute atomic E-state index is 0.0816. The Morgan fingerprint density at radius 2 is 1.72 bits per heavy atom. The maximum absolute atomic E-state index is 9.12. The lowest BCUT2D eigenvalue weighted by Gasteiger charge is -2.11. The minimum atomic E-state index is 0.0816. The first-order valence-electron chi connectivity index (χ1n) is 7.33. The molecule has 1 aliphatic heterocycles. The molecular formula is C15H26N2O. The molecular weight excluding hydrogens is 224 g/mol. The van der Waals surface area contributed by atoms with Crippen LogP contribution in [-0.4, -0.2) is 11.2 Å². The largest absolute Gasteiger partial charge is 0.252 e. The molecule has 0 amide bonds. The Labute approximate surface area is 111 Å². The number of hydrogen-bond acceptors (Lipinski definition) is 3. The lowest BCUT2D eigenvalue weighted by molar-refractivity contribution is -0.0902. The predicted octanol–water partition coefficient (Wildman–Crippen LogP) is 4.52. The highest BCUT2D eigenvalue weighted by Gasteiger charge is 2.28. The van der Waals surface area contributed by atoms with Crippen LogP contribution in [0.3, 0.4) is 0 Å². The summed E-state index contributed by atoms with van der Waals surface area (Å²) in [5, 5.41) is 10.6. The van der Waals surface area contributed by atoms with Crippen molar-refractivity contribution in [1.29, 1.82) is 5.26 Å². The fourth-order valence-corrected chi connectivity index (χ4v) is 2.45. The molecule has 0 aromatic carbocycles. The van der Waals surface area contributed by atoms with E-state index < -0.39 is 0 Å². The van der Waals surface area contributed by atoms with Crippen molar-refractivity contribution in [2.75, 3.05) is 0 Å². The van der Waals surface area contributed by atoms with Gasteiger partial charge in [-0.2, -0.15) is 10.3 Å². The van der Waals surface area contributed by atoms with Crippen molar-refractivity contribution in [3.05, 3.63) is 11.3 Å². The molecule has 0 spiro atoms. The second-order valence-electron chi connectivity index (χ2n) is 5.03. The van der Waals surface area contributed by atoms with E-state index in [2.05, 4.69) is 27.0 Å². The highest BCUT2D eigenvalue weighted by atomic mass is 16.7. The van der Waals surface area contributed by atoms with Crippen LogP contribution >= 0.6 is 0 Å². The highest BCUT2D eigenvalue weighted by Crippen LogP contribution is 2.32. The van der Waals surface area contributed by atoms with Gasteiger partial charge in [0.05, 0.1) is 5.70 Å². The lowest BCUT2D eigenvalue weighted by atomic mass is 9.99. The quantitative estimate of drug-likeness (QED) is 0.469. The zero-order chi connectivity index (χ0) is 13.4. The third-order valence-corrected chi connectivity index (χ3v) is 3.53. The van der Waals surface area contributed by atoms with Crippen molar-refractivity contribution < 1.29 is 4.84 Å². The summed E-state index contributed by atoms with van der Waals surface area (Å²) in [6.45, 7) is 6.47. The fourth-order valence-electron chi connectivity index (χ4n) is 2.45. The van der Waals surface area contributed by atoms with Gasteiger partial charge in [0.1, 0.15) is 6.10 Å². The molecule has 3 nitrogen and oxygen atoms in total. The number of hydroxylamine groups is 2. The van der Waals surface area contributed by atoms with Crippen LogP contribution in [0.2, 0.25) is 0 Å². The summed E-state index contributed by atoms with van der Waals surface area (Å²) >= 11 is 0. The van der Waals surface area contributed by atoms with Crippen molar-refractivity contribution >= 4 is 0 Å². The monoisotopic (exact) mass is 250 g/mol. The summed E-state index contributed by atoms with van der Waals surface area (Å²) in [6, 6.07) is 0. The van der Waals surface area contributed by atoms with Crippen LogP contribution < -0.4 is 0 Å². The molecule has 1 unspecified atom stereocenters. The first-order valence-corrected chi connectivity index (χ1v) is 7.33. The summed E-state index contributed by atoms with van der Waals surface area (Å²) < 4.78 is 0. The minimum Gasteiger partial charge on any atom is -0.252 e. The number of rotatable bonds is 8. The summed E-state index contributed by atoms with van der Waals surface area (Å²) in [6.07, 6.45) is 11.6. The van der Waals surface area contributed by atoms with Crippen LogP contribution in [0.25, 0.3) is 0 Å². The zero-order valence-electron chi connectivity index (χ0n) is 12.0. The van der Waals surface area contributed by atoms with Crippen LogP contribution in [0.5, 0.6) is 0 Å².